The molecule has 21 heavy (non-hydrogen) atoms. The van der Waals surface area contributed by atoms with Gasteiger partial charge in [-0.15, -0.1) is 0 Å². The molecule has 0 aromatic heterocycles. The predicted octanol–water partition coefficient (Wildman–Crippen LogP) is 1.27. The van der Waals surface area contributed by atoms with Gasteiger partial charge in [-0.3, -0.25) is 9.59 Å². The highest BCUT2D eigenvalue weighted by Gasteiger charge is 2.51. The maximum absolute atomic E-state index is 13.0. The molecule has 3 saturated heterocycles. The zero-order valence-electron chi connectivity index (χ0n) is 13.2. The maximum atomic E-state index is 13.0. The highest BCUT2D eigenvalue weighted by molar-refractivity contribution is 5.97. The number of fused-ring (bicyclic) bond motifs is 1. The minimum absolute atomic E-state index is 0.0825. The third-order valence-electron chi connectivity index (χ3n) is 5.35. The second-order valence-electron chi connectivity index (χ2n) is 6.99. The zero-order valence-corrected chi connectivity index (χ0v) is 13.2. The minimum Gasteiger partial charge on any atom is -0.381 e. The Balaban J connectivity index is 1.90. The van der Waals surface area contributed by atoms with Crippen LogP contribution < -0.4 is 0 Å². The van der Waals surface area contributed by atoms with Crippen LogP contribution in [0, 0.1) is 11.8 Å². The van der Waals surface area contributed by atoms with E-state index in [1.165, 1.54) is 0 Å². The monoisotopic (exact) mass is 294 g/mol. The molecule has 3 rings (SSSR count). The van der Waals surface area contributed by atoms with Crippen LogP contribution in [0.25, 0.3) is 0 Å². The van der Waals surface area contributed by atoms with Gasteiger partial charge in [0.2, 0.25) is 11.8 Å². The van der Waals surface area contributed by atoms with Crippen LogP contribution in [0.5, 0.6) is 0 Å². The summed E-state index contributed by atoms with van der Waals surface area (Å²) in [5.41, 5.74) is 0. The summed E-state index contributed by atoms with van der Waals surface area (Å²) in [6.45, 7) is 8.39. The lowest BCUT2D eigenvalue weighted by Gasteiger charge is -2.47. The summed E-state index contributed by atoms with van der Waals surface area (Å²) >= 11 is 0. The predicted molar refractivity (Wildman–Crippen MR) is 78.6 cm³/mol. The Morgan fingerprint density at radius 3 is 2.52 bits per heavy atom. The molecule has 0 bridgehead atoms. The van der Waals surface area contributed by atoms with Gasteiger partial charge in [0.25, 0.3) is 0 Å². The van der Waals surface area contributed by atoms with E-state index in [1.807, 2.05) is 23.6 Å². The van der Waals surface area contributed by atoms with Crippen LogP contribution in [0.1, 0.15) is 40.0 Å². The summed E-state index contributed by atoms with van der Waals surface area (Å²) in [6.07, 6.45) is 2.75. The van der Waals surface area contributed by atoms with Crippen LogP contribution in [0.4, 0.5) is 0 Å². The summed E-state index contributed by atoms with van der Waals surface area (Å²) in [5, 5.41) is 0. The van der Waals surface area contributed by atoms with Crippen molar-refractivity contribution in [3.8, 4) is 0 Å². The quantitative estimate of drug-likeness (QED) is 0.787. The van der Waals surface area contributed by atoms with E-state index < -0.39 is 0 Å². The number of rotatable bonds is 3. The molecular formula is C16H26N2O3. The molecule has 3 fully saturated rings. The van der Waals surface area contributed by atoms with Gasteiger partial charge < -0.3 is 14.5 Å². The number of amides is 2. The molecule has 3 aliphatic heterocycles. The van der Waals surface area contributed by atoms with Crippen molar-refractivity contribution in [1.82, 2.24) is 9.80 Å². The third kappa shape index (κ3) is 2.35. The number of carbonyl (C=O) groups is 2. The summed E-state index contributed by atoms with van der Waals surface area (Å²) in [7, 11) is 0. The fraction of sp³-hybridized carbons (Fsp3) is 0.875. The first-order chi connectivity index (χ1) is 10.0. The van der Waals surface area contributed by atoms with Gasteiger partial charge in [-0.1, -0.05) is 13.8 Å². The van der Waals surface area contributed by atoms with Crippen molar-refractivity contribution in [2.24, 2.45) is 11.8 Å². The van der Waals surface area contributed by atoms with Gasteiger partial charge >= 0.3 is 0 Å². The molecule has 5 heteroatoms. The van der Waals surface area contributed by atoms with E-state index in [0.717, 1.165) is 32.4 Å². The van der Waals surface area contributed by atoms with E-state index in [2.05, 4.69) is 6.92 Å². The van der Waals surface area contributed by atoms with Crippen molar-refractivity contribution >= 4 is 11.8 Å². The van der Waals surface area contributed by atoms with Crippen LogP contribution in [0.15, 0.2) is 0 Å². The van der Waals surface area contributed by atoms with Crippen molar-refractivity contribution < 1.29 is 14.3 Å². The number of carbonyl (C=O) groups excluding carboxylic acids is 2. The topological polar surface area (TPSA) is 49.9 Å². The van der Waals surface area contributed by atoms with Crippen molar-refractivity contribution in [2.45, 2.75) is 58.2 Å². The van der Waals surface area contributed by atoms with Crippen molar-refractivity contribution in [2.75, 3.05) is 19.8 Å². The van der Waals surface area contributed by atoms with Crippen LogP contribution in [0.3, 0.4) is 0 Å². The number of hydrogen-bond donors (Lipinski definition) is 0. The van der Waals surface area contributed by atoms with Crippen LogP contribution >= 0.6 is 0 Å². The molecule has 3 aliphatic rings. The first-order valence-corrected chi connectivity index (χ1v) is 8.22. The van der Waals surface area contributed by atoms with Crippen molar-refractivity contribution in [3.05, 3.63) is 0 Å². The molecule has 3 heterocycles. The van der Waals surface area contributed by atoms with Gasteiger partial charge in [-0.2, -0.15) is 0 Å². The smallest absolute Gasteiger partial charge is 0.246 e. The lowest BCUT2D eigenvalue weighted by molar-refractivity contribution is -0.165. The van der Waals surface area contributed by atoms with Gasteiger partial charge in [0.15, 0.2) is 0 Å². The van der Waals surface area contributed by atoms with E-state index in [0.29, 0.717) is 12.5 Å². The highest BCUT2D eigenvalue weighted by atomic mass is 16.5. The van der Waals surface area contributed by atoms with Gasteiger partial charge in [0.05, 0.1) is 6.61 Å². The summed E-state index contributed by atoms with van der Waals surface area (Å²) < 4.78 is 5.48. The molecule has 0 aromatic rings. The molecule has 0 aliphatic carbocycles. The fourth-order valence-corrected chi connectivity index (χ4v) is 4.11. The maximum Gasteiger partial charge on any atom is 0.246 e. The first kappa shape index (κ1) is 14.8. The number of ether oxygens (including phenoxy) is 1. The van der Waals surface area contributed by atoms with E-state index in [9.17, 15) is 9.59 Å². The van der Waals surface area contributed by atoms with Gasteiger partial charge in [-0.05, 0) is 32.1 Å². The Kier molecular flexibility index (Phi) is 3.95. The van der Waals surface area contributed by atoms with Gasteiger partial charge in [0.1, 0.15) is 12.1 Å². The summed E-state index contributed by atoms with van der Waals surface area (Å²) in [5.74, 6) is 0.812. The Bertz CT molecular complexity index is 431. The molecule has 0 aromatic carbocycles. The Morgan fingerprint density at radius 1 is 1.14 bits per heavy atom. The number of piperazine rings is 1. The van der Waals surface area contributed by atoms with E-state index in [-0.39, 0.29) is 35.9 Å². The third-order valence-corrected chi connectivity index (χ3v) is 5.35. The Labute approximate surface area is 126 Å². The van der Waals surface area contributed by atoms with Gasteiger partial charge in [0, 0.05) is 25.1 Å². The molecule has 5 nitrogen and oxygen atoms in total. The molecule has 2 amide bonds. The van der Waals surface area contributed by atoms with Crippen LogP contribution in [-0.4, -0.2) is 59.5 Å². The highest BCUT2D eigenvalue weighted by Crippen LogP contribution is 2.34. The molecule has 4 unspecified atom stereocenters. The lowest BCUT2D eigenvalue weighted by atomic mass is 9.90. The average Bonchev–Trinajstić information content (AvgIpc) is 3.11. The van der Waals surface area contributed by atoms with Gasteiger partial charge in [-0.25, -0.2) is 0 Å². The molecule has 118 valence electrons. The largest absolute Gasteiger partial charge is 0.381 e. The number of hydrogen-bond acceptors (Lipinski definition) is 3. The molecule has 0 radical (unpaired) electrons. The summed E-state index contributed by atoms with van der Waals surface area (Å²) in [4.78, 5) is 29.5. The standard InChI is InChI=1S/C16H26N2O3/c1-10(2)14-16(20)17-7-4-5-13(17)15(19)18(14)11(3)12-6-8-21-9-12/h10-14H,4-9H2,1-3H3. The Morgan fingerprint density at radius 2 is 1.90 bits per heavy atom. The van der Waals surface area contributed by atoms with E-state index in [1.54, 1.807) is 0 Å². The fourth-order valence-electron chi connectivity index (χ4n) is 4.11. The molecule has 4 atom stereocenters. The minimum atomic E-state index is -0.303. The van der Waals surface area contributed by atoms with Crippen LogP contribution in [-0.2, 0) is 14.3 Å². The number of nitrogens with zero attached hydrogens (tertiary/aromatic N) is 2. The molecular weight excluding hydrogens is 268 g/mol. The second kappa shape index (κ2) is 5.59. The van der Waals surface area contributed by atoms with Crippen molar-refractivity contribution in [3.63, 3.8) is 0 Å². The van der Waals surface area contributed by atoms with Crippen LogP contribution in [0.2, 0.25) is 0 Å². The van der Waals surface area contributed by atoms with E-state index in [4.69, 9.17) is 4.74 Å². The van der Waals surface area contributed by atoms with E-state index >= 15 is 0 Å². The SMILES string of the molecule is CC(C)C1C(=O)N2CCCC2C(=O)N1C(C)C1CCOC1. The first-order valence-electron chi connectivity index (χ1n) is 8.22. The molecule has 0 spiro atoms. The second-order valence-corrected chi connectivity index (χ2v) is 6.99. The Hall–Kier alpha value is -1.10. The molecule has 0 saturated carbocycles. The molecule has 0 N–H and O–H groups in total. The lowest BCUT2D eigenvalue weighted by Crippen LogP contribution is -2.67. The average molecular weight is 294 g/mol. The normalized spacial score (nSPS) is 34.8. The zero-order chi connectivity index (χ0) is 15.1. The van der Waals surface area contributed by atoms with Crippen molar-refractivity contribution in [1.29, 1.82) is 0 Å². The summed E-state index contributed by atoms with van der Waals surface area (Å²) in [6, 6.07) is -0.432.